The Hall–Kier alpha value is -4.01. The lowest BCUT2D eigenvalue weighted by atomic mass is 9.33. The number of fused-ring (bicyclic) bond motifs is 8. The first kappa shape index (κ1) is 38.8. The number of hydrogen-bond acceptors (Lipinski definition) is 7. The summed E-state index contributed by atoms with van der Waals surface area (Å²) < 4.78 is 13.3. The van der Waals surface area contributed by atoms with Gasteiger partial charge in [-0.1, -0.05) is 108 Å². The normalized spacial score (nSPS) is 35.5. The molecule has 8 atom stereocenters. The van der Waals surface area contributed by atoms with Gasteiger partial charge in [-0.05, 0) is 120 Å². The molecule has 56 heavy (non-hydrogen) atoms. The lowest BCUT2D eigenvalue weighted by Gasteiger charge is -2.71. The first-order valence-electron chi connectivity index (χ1n) is 21.1. The van der Waals surface area contributed by atoms with Crippen molar-refractivity contribution in [2.75, 3.05) is 0 Å². The lowest BCUT2D eigenvalue weighted by Crippen LogP contribution is -2.65. The van der Waals surface area contributed by atoms with Gasteiger partial charge in [0.1, 0.15) is 24.9 Å². The molecule has 8 rings (SSSR count). The summed E-state index contributed by atoms with van der Waals surface area (Å²) in [6, 6.07) is 14.0. The topological polar surface area (TPSA) is 121 Å². The average molecular weight is 764 g/mol. The van der Waals surface area contributed by atoms with Crippen molar-refractivity contribution in [3.05, 3.63) is 71.6 Å². The number of ether oxygens (including phenoxy) is 2. The van der Waals surface area contributed by atoms with Crippen LogP contribution in [0.2, 0.25) is 0 Å². The van der Waals surface area contributed by atoms with Crippen LogP contribution in [0.3, 0.4) is 0 Å². The Bertz CT molecular complexity index is 2080. The van der Waals surface area contributed by atoms with E-state index in [4.69, 9.17) is 9.47 Å². The van der Waals surface area contributed by atoms with E-state index < -0.39 is 11.4 Å². The van der Waals surface area contributed by atoms with Crippen LogP contribution in [0.4, 0.5) is 0 Å². The van der Waals surface area contributed by atoms with E-state index in [1.165, 1.54) is 10.3 Å². The molecule has 0 unspecified atom stereocenters. The summed E-state index contributed by atoms with van der Waals surface area (Å²) in [6.07, 6.45) is 13.5. The molecule has 4 saturated carbocycles. The Morgan fingerprint density at radius 1 is 0.857 bits per heavy atom. The van der Waals surface area contributed by atoms with E-state index in [0.717, 1.165) is 80.5 Å². The predicted molar refractivity (Wildman–Crippen MR) is 214 cm³/mol. The highest BCUT2D eigenvalue weighted by Crippen LogP contribution is 2.76. The van der Waals surface area contributed by atoms with Gasteiger partial charge in [0.2, 0.25) is 0 Å². The Morgan fingerprint density at radius 2 is 1.61 bits per heavy atom. The van der Waals surface area contributed by atoms with E-state index in [2.05, 4.69) is 64.9 Å². The van der Waals surface area contributed by atoms with E-state index in [0.29, 0.717) is 17.5 Å². The van der Waals surface area contributed by atoms with E-state index in [-0.39, 0.29) is 70.6 Å². The molecule has 9 heteroatoms. The maximum Gasteiger partial charge on any atom is 0.328 e. The molecular formula is C47H61N3O6. The van der Waals surface area contributed by atoms with Crippen molar-refractivity contribution in [1.29, 1.82) is 0 Å². The zero-order valence-electron chi connectivity index (χ0n) is 34.5. The molecule has 0 bridgehead atoms. The molecule has 1 heterocycles. The zero-order chi connectivity index (χ0) is 39.9. The molecule has 0 saturated heterocycles. The van der Waals surface area contributed by atoms with Crippen LogP contribution in [-0.2, 0) is 43.4 Å². The minimum absolute atomic E-state index is 0.0216. The highest BCUT2D eigenvalue weighted by Gasteiger charge is 2.69. The minimum atomic E-state index is -0.630. The molecule has 3 aromatic rings. The van der Waals surface area contributed by atoms with Gasteiger partial charge >= 0.3 is 17.9 Å². The molecule has 0 radical (unpaired) electrons. The summed E-state index contributed by atoms with van der Waals surface area (Å²) in [4.78, 5) is 39.1. The number of carbonyl (C=O) groups excluding carboxylic acids is 2. The number of carbonyl (C=O) groups is 3. The molecule has 5 aliphatic rings. The number of carboxylic acids is 1. The molecule has 2 aromatic carbocycles. The third kappa shape index (κ3) is 6.21. The molecule has 0 spiro atoms. The number of hydrogen-bond donors (Lipinski definition) is 1. The second-order valence-corrected chi connectivity index (χ2v) is 20.4. The number of rotatable bonds is 8. The first-order chi connectivity index (χ1) is 26.4. The molecule has 0 aliphatic heterocycles. The number of allylic oxidation sites excluding steroid dienone is 2. The first-order valence-corrected chi connectivity index (χ1v) is 21.1. The van der Waals surface area contributed by atoms with Gasteiger partial charge in [-0.15, -0.1) is 5.10 Å². The maximum absolute atomic E-state index is 13.4. The number of aliphatic carboxylic acids is 1. The van der Waals surface area contributed by atoms with E-state index >= 15 is 0 Å². The molecule has 1 N–H and O–H groups in total. The largest absolute Gasteiger partial charge is 0.481 e. The highest BCUT2D eigenvalue weighted by atomic mass is 16.5. The predicted octanol–water partition coefficient (Wildman–Crippen LogP) is 9.52. The summed E-state index contributed by atoms with van der Waals surface area (Å²) in [5.74, 6) is -0.311. The van der Waals surface area contributed by atoms with Gasteiger partial charge in [-0.3, -0.25) is 14.4 Å². The van der Waals surface area contributed by atoms with Crippen molar-refractivity contribution in [3.8, 4) is 0 Å². The van der Waals surface area contributed by atoms with Gasteiger partial charge in [-0.25, -0.2) is 4.68 Å². The van der Waals surface area contributed by atoms with Crippen LogP contribution < -0.4 is 0 Å². The Morgan fingerprint density at radius 3 is 2.38 bits per heavy atom. The van der Waals surface area contributed by atoms with Crippen molar-refractivity contribution in [2.45, 2.75) is 138 Å². The maximum atomic E-state index is 13.4. The number of aromatic nitrogens is 3. The molecule has 9 nitrogen and oxygen atoms in total. The van der Waals surface area contributed by atoms with E-state index in [1.807, 2.05) is 42.5 Å². The number of benzene rings is 2. The van der Waals surface area contributed by atoms with Gasteiger partial charge in [0, 0.05) is 5.41 Å². The second-order valence-electron chi connectivity index (χ2n) is 20.4. The lowest BCUT2D eigenvalue weighted by molar-refractivity contribution is -0.214. The van der Waals surface area contributed by atoms with E-state index in [1.54, 1.807) is 6.20 Å². The smallest absolute Gasteiger partial charge is 0.328 e. The van der Waals surface area contributed by atoms with Gasteiger partial charge in [0.05, 0.1) is 18.0 Å². The summed E-state index contributed by atoms with van der Waals surface area (Å²) in [5.41, 5.74) is 2.23. The zero-order valence-corrected chi connectivity index (χ0v) is 34.5. The monoisotopic (exact) mass is 763 g/mol. The summed E-state index contributed by atoms with van der Waals surface area (Å²) >= 11 is 0. The van der Waals surface area contributed by atoms with E-state index in [9.17, 15) is 19.5 Å². The summed E-state index contributed by atoms with van der Waals surface area (Å²) in [6.45, 7) is 16.7. The molecule has 0 amide bonds. The SMILES string of the molecule is CC1(C)CC[C@]2(C(=O)O)CC[C@]3(C)C(=CC[C@@H]4[C@@]5(C)CC[C@H](OC(=O)Cn6cc(COC(=O)Cc7ccc8ccccc8c7)nn6)C(C)(C)[C@@H]5CC[C@]43C)[C@@H]2C1. The Kier molecular flexibility index (Phi) is 9.40. The number of carboxylic acid groups (broad SMARTS) is 1. The second kappa shape index (κ2) is 13.5. The van der Waals surface area contributed by atoms with Crippen LogP contribution in [0, 0.1) is 50.2 Å². The molecule has 300 valence electrons. The van der Waals surface area contributed by atoms with Gasteiger partial charge < -0.3 is 14.6 Å². The Balaban J connectivity index is 0.907. The summed E-state index contributed by atoms with van der Waals surface area (Å²) in [7, 11) is 0. The van der Waals surface area contributed by atoms with Crippen LogP contribution in [-0.4, -0.2) is 44.1 Å². The van der Waals surface area contributed by atoms with Crippen molar-refractivity contribution >= 4 is 28.7 Å². The van der Waals surface area contributed by atoms with Crippen molar-refractivity contribution in [3.63, 3.8) is 0 Å². The average Bonchev–Trinajstić information content (AvgIpc) is 3.58. The number of esters is 2. The third-order valence-corrected chi connectivity index (χ3v) is 16.7. The molecule has 4 fully saturated rings. The van der Waals surface area contributed by atoms with Crippen molar-refractivity contribution < 1.29 is 29.0 Å². The Labute approximate surface area is 332 Å². The highest BCUT2D eigenvalue weighted by molar-refractivity contribution is 5.84. The minimum Gasteiger partial charge on any atom is -0.481 e. The fourth-order valence-corrected chi connectivity index (χ4v) is 13.3. The third-order valence-electron chi connectivity index (χ3n) is 16.7. The van der Waals surface area contributed by atoms with Crippen LogP contribution in [0.15, 0.2) is 60.3 Å². The fraction of sp³-hybridized carbons (Fsp3) is 0.638. The summed E-state index contributed by atoms with van der Waals surface area (Å²) in [5, 5.41) is 21.2. The van der Waals surface area contributed by atoms with Crippen LogP contribution >= 0.6 is 0 Å². The fourth-order valence-electron chi connectivity index (χ4n) is 13.3. The van der Waals surface area contributed by atoms with Crippen molar-refractivity contribution in [2.24, 2.45) is 50.2 Å². The standard InChI is InChI=1S/C47H61N3O6/c1-42(2)20-22-47(41(53)54)23-21-45(6)34(35(47)26-42)14-15-37-44(5)18-17-38(43(3,4)36(44)16-19-46(37,45)7)56-40(52)28-50-27-33(48-49-50)29-55-39(51)25-30-12-13-31-10-8-9-11-32(31)24-30/h8-14,24,27,35-38H,15-23,25-26,28-29H2,1-7H3,(H,53,54)/t35-,36-,37+,38-,44-,45+,46+,47-/m0/s1. The van der Waals surface area contributed by atoms with Crippen molar-refractivity contribution in [1.82, 2.24) is 15.0 Å². The van der Waals surface area contributed by atoms with Gasteiger partial charge in [0.15, 0.2) is 0 Å². The van der Waals surface area contributed by atoms with Crippen LogP contribution in [0.1, 0.15) is 124 Å². The van der Waals surface area contributed by atoms with Crippen LogP contribution in [0.25, 0.3) is 10.8 Å². The molecule has 5 aliphatic carbocycles. The van der Waals surface area contributed by atoms with Gasteiger partial charge in [0.25, 0.3) is 0 Å². The molecule has 1 aromatic heterocycles. The number of nitrogens with zero attached hydrogens (tertiary/aromatic N) is 3. The molecular weight excluding hydrogens is 703 g/mol. The van der Waals surface area contributed by atoms with Crippen LogP contribution in [0.5, 0.6) is 0 Å². The quantitative estimate of drug-likeness (QED) is 0.178. The van der Waals surface area contributed by atoms with Gasteiger partial charge in [-0.2, -0.15) is 0 Å².